The molecule has 0 aliphatic carbocycles. The second-order valence-electron chi connectivity index (χ2n) is 3.14. The van der Waals surface area contributed by atoms with Gasteiger partial charge in [-0.25, -0.2) is 8.78 Å². The molecule has 0 unspecified atom stereocenters. The van der Waals surface area contributed by atoms with E-state index in [4.69, 9.17) is 4.74 Å². The SMILES string of the molecule is CCOC[C@@H](C)NCC(=O)NCC(F)F. The molecule has 0 radical (unpaired) electrons. The molecule has 0 aromatic carbocycles. The Morgan fingerprint density at radius 1 is 1.47 bits per heavy atom. The van der Waals surface area contributed by atoms with E-state index in [9.17, 15) is 13.6 Å². The summed E-state index contributed by atoms with van der Waals surface area (Å²) in [6, 6.07) is 0.0299. The second kappa shape index (κ2) is 8.55. The largest absolute Gasteiger partial charge is 0.380 e. The van der Waals surface area contributed by atoms with E-state index in [0.717, 1.165) is 0 Å². The fraction of sp³-hybridized carbons (Fsp3) is 0.889. The summed E-state index contributed by atoms with van der Waals surface area (Å²) in [5.74, 6) is -0.432. The summed E-state index contributed by atoms with van der Waals surface area (Å²) in [5, 5.41) is 4.96. The number of nitrogens with one attached hydrogen (secondary N) is 2. The zero-order chi connectivity index (χ0) is 11.7. The summed E-state index contributed by atoms with van der Waals surface area (Å²) in [7, 11) is 0. The van der Waals surface area contributed by atoms with Gasteiger partial charge in [0.25, 0.3) is 6.43 Å². The molecule has 0 rings (SSSR count). The second-order valence-corrected chi connectivity index (χ2v) is 3.14. The fourth-order valence-electron chi connectivity index (χ4n) is 0.874. The molecule has 2 N–H and O–H groups in total. The Hall–Kier alpha value is -0.750. The minimum absolute atomic E-state index is 0.0287. The van der Waals surface area contributed by atoms with Gasteiger partial charge in [0.15, 0.2) is 0 Å². The average Bonchev–Trinajstić information content (AvgIpc) is 2.20. The molecule has 0 spiro atoms. The van der Waals surface area contributed by atoms with Crippen molar-refractivity contribution in [3.05, 3.63) is 0 Å². The van der Waals surface area contributed by atoms with Gasteiger partial charge < -0.3 is 15.4 Å². The van der Waals surface area contributed by atoms with E-state index in [1.54, 1.807) is 0 Å². The lowest BCUT2D eigenvalue weighted by Gasteiger charge is -2.13. The number of alkyl halides is 2. The Morgan fingerprint density at radius 3 is 2.67 bits per heavy atom. The molecule has 4 nitrogen and oxygen atoms in total. The summed E-state index contributed by atoms with van der Waals surface area (Å²) in [5.41, 5.74) is 0. The lowest BCUT2D eigenvalue weighted by molar-refractivity contribution is -0.121. The molecule has 0 aliphatic rings. The molecule has 6 heteroatoms. The molecule has 0 bridgehead atoms. The van der Waals surface area contributed by atoms with Crippen LogP contribution < -0.4 is 10.6 Å². The van der Waals surface area contributed by atoms with E-state index in [2.05, 4.69) is 10.6 Å². The van der Waals surface area contributed by atoms with Gasteiger partial charge in [0.2, 0.25) is 5.91 Å². The zero-order valence-electron chi connectivity index (χ0n) is 9.06. The summed E-state index contributed by atoms with van der Waals surface area (Å²) in [4.78, 5) is 11.0. The highest BCUT2D eigenvalue weighted by Gasteiger charge is 2.07. The van der Waals surface area contributed by atoms with Crippen molar-refractivity contribution in [3.63, 3.8) is 0 Å². The molecule has 0 saturated heterocycles. The molecule has 1 amide bonds. The van der Waals surface area contributed by atoms with Gasteiger partial charge in [-0.3, -0.25) is 4.79 Å². The smallest absolute Gasteiger partial charge is 0.255 e. The highest BCUT2D eigenvalue weighted by Crippen LogP contribution is 1.87. The van der Waals surface area contributed by atoms with Crippen molar-refractivity contribution in [3.8, 4) is 0 Å². The maximum Gasteiger partial charge on any atom is 0.255 e. The number of rotatable bonds is 8. The van der Waals surface area contributed by atoms with Crippen LogP contribution in [0.25, 0.3) is 0 Å². The molecule has 1 atom stereocenters. The Kier molecular flexibility index (Phi) is 8.12. The number of hydrogen-bond acceptors (Lipinski definition) is 3. The minimum atomic E-state index is -2.50. The standard InChI is InChI=1S/C9H18F2N2O2/c1-3-15-6-7(2)12-5-9(14)13-4-8(10)11/h7-8,12H,3-6H2,1-2H3,(H,13,14)/t7-/m1/s1. The first-order valence-corrected chi connectivity index (χ1v) is 4.92. The number of hydrogen-bond donors (Lipinski definition) is 2. The van der Waals surface area contributed by atoms with Crippen molar-refractivity contribution in [2.24, 2.45) is 0 Å². The first-order chi connectivity index (χ1) is 7.06. The maximum atomic E-state index is 11.7. The molecule has 0 heterocycles. The molecule has 0 saturated carbocycles. The molecule has 0 aliphatic heterocycles. The van der Waals surface area contributed by atoms with Gasteiger partial charge in [0.1, 0.15) is 0 Å². The third-order valence-electron chi connectivity index (χ3n) is 1.64. The van der Waals surface area contributed by atoms with Gasteiger partial charge in [0.05, 0.1) is 19.7 Å². The predicted molar refractivity (Wildman–Crippen MR) is 53.0 cm³/mol. The van der Waals surface area contributed by atoms with Gasteiger partial charge in [0, 0.05) is 12.6 Å². The van der Waals surface area contributed by atoms with Crippen molar-refractivity contribution in [1.29, 1.82) is 0 Å². The van der Waals surface area contributed by atoms with E-state index in [0.29, 0.717) is 13.2 Å². The fourth-order valence-corrected chi connectivity index (χ4v) is 0.874. The third-order valence-corrected chi connectivity index (χ3v) is 1.64. The van der Waals surface area contributed by atoms with Crippen molar-refractivity contribution in [2.75, 3.05) is 26.3 Å². The summed E-state index contributed by atoms with van der Waals surface area (Å²) in [6.07, 6.45) is -2.50. The van der Waals surface area contributed by atoms with Crippen LogP contribution in [0.2, 0.25) is 0 Å². The van der Waals surface area contributed by atoms with E-state index < -0.39 is 18.9 Å². The number of carbonyl (C=O) groups is 1. The van der Waals surface area contributed by atoms with Crippen LogP contribution >= 0.6 is 0 Å². The third kappa shape index (κ3) is 9.55. The van der Waals surface area contributed by atoms with Crippen LogP contribution in [0.5, 0.6) is 0 Å². The molecule has 0 aromatic rings. The lowest BCUT2D eigenvalue weighted by Crippen LogP contribution is -2.41. The minimum Gasteiger partial charge on any atom is -0.380 e. The van der Waals surface area contributed by atoms with Crippen molar-refractivity contribution < 1.29 is 18.3 Å². The van der Waals surface area contributed by atoms with Crippen LogP contribution in [-0.4, -0.2) is 44.7 Å². The summed E-state index contributed by atoms with van der Waals surface area (Å²) < 4.78 is 28.5. The highest BCUT2D eigenvalue weighted by molar-refractivity contribution is 5.77. The van der Waals surface area contributed by atoms with Crippen LogP contribution in [0, 0.1) is 0 Å². The maximum absolute atomic E-state index is 11.7. The molecular formula is C9H18F2N2O2. The van der Waals surface area contributed by atoms with Crippen LogP contribution in [0.3, 0.4) is 0 Å². The van der Waals surface area contributed by atoms with Crippen molar-refractivity contribution >= 4 is 5.91 Å². The first-order valence-electron chi connectivity index (χ1n) is 4.92. The molecular weight excluding hydrogens is 206 g/mol. The normalized spacial score (nSPS) is 12.9. The van der Waals surface area contributed by atoms with Gasteiger partial charge in [-0.2, -0.15) is 0 Å². The Labute approximate surface area is 88.4 Å². The average molecular weight is 224 g/mol. The van der Waals surface area contributed by atoms with Gasteiger partial charge >= 0.3 is 0 Å². The van der Waals surface area contributed by atoms with E-state index in [1.165, 1.54) is 0 Å². The Bertz CT molecular complexity index is 179. The highest BCUT2D eigenvalue weighted by atomic mass is 19.3. The number of ether oxygens (including phenoxy) is 1. The monoisotopic (exact) mass is 224 g/mol. The first kappa shape index (κ1) is 14.2. The van der Waals surface area contributed by atoms with Crippen LogP contribution in [0.1, 0.15) is 13.8 Å². The topological polar surface area (TPSA) is 50.4 Å². The Morgan fingerprint density at radius 2 is 2.13 bits per heavy atom. The molecule has 15 heavy (non-hydrogen) atoms. The molecule has 90 valence electrons. The number of halogens is 2. The summed E-state index contributed by atoms with van der Waals surface area (Å²) in [6.45, 7) is 4.28. The van der Waals surface area contributed by atoms with Crippen molar-refractivity contribution in [2.45, 2.75) is 26.3 Å². The zero-order valence-corrected chi connectivity index (χ0v) is 9.06. The lowest BCUT2D eigenvalue weighted by atomic mass is 10.3. The van der Waals surface area contributed by atoms with Crippen LogP contribution in [0.4, 0.5) is 8.78 Å². The quantitative estimate of drug-likeness (QED) is 0.627. The van der Waals surface area contributed by atoms with Gasteiger partial charge in [-0.15, -0.1) is 0 Å². The van der Waals surface area contributed by atoms with E-state index >= 15 is 0 Å². The number of carbonyl (C=O) groups excluding carboxylic acids is 1. The summed E-state index contributed by atoms with van der Waals surface area (Å²) >= 11 is 0. The molecule has 0 aromatic heterocycles. The molecule has 0 fully saturated rings. The van der Waals surface area contributed by atoms with Gasteiger partial charge in [-0.05, 0) is 13.8 Å². The van der Waals surface area contributed by atoms with Gasteiger partial charge in [-0.1, -0.05) is 0 Å². The number of amides is 1. The Balaban J connectivity index is 3.44. The van der Waals surface area contributed by atoms with E-state index in [1.807, 2.05) is 13.8 Å². The van der Waals surface area contributed by atoms with Crippen LogP contribution in [-0.2, 0) is 9.53 Å². The van der Waals surface area contributed by atoms with Crippen molar-refractivity contribution in [1.82, 2.24) is 10.6 Å². The van der Waals surface area contributed by atoms with E-state index in [-0.39, 0.29) is 12.6 Å². The van der Waals surface area contributed by atoms with Crippen LogP contribution in [0.15, 0.2) is 0 Å². The predicted octanol–water partition coefficient (Wildman–Crippen LogP) is 0.382.